The number of amides is 1. The molecule has 1 aromatic carbocycles. The number of nitrogen functional groups attached to an aromatic ring is 1. The van der Waals surface area contributed by atoms with Gasteiger partial charge in [0.15, 0.2) is 0 Å². The van der Waals surface area contributed by atoms with Gasteiger partial charge in [0, 0.05) is 22.3 Å². The van der Waals surface area contributed by atoms with Crippen molar-refractivity contribution in [3.63, 3.8) is 0 Å². The highest BCUT2D eigenvalue weighted by atomic mass is 79.9. The van der Waals surface area contributed by atoms with Crippen LogP contribution in [0.3, 0.4) is 0 Å². The zero-order valence-electron chi connectivity index (χ0n) is 12.6. The molecule has 0 aliphatic rings. The van der Waals surface area contributed by atoms with Gasteiger partial charge in [-0.1, -0.05) is 40.0 Å². The molecule has 3 N–H and O–H groups in total. The molecule has 0 unspecified atom stereocenters. The molecule has 0 fully saturated rings. The van der Waals surface area contributed by atoms with Crippen LogP contribution >= 0.6 is 15.9 Å². The summed E-state index contributed by atoms with van der Waals surface area (Å²) in [5.41, 5.74) is 7.11. The maximum atomic E-state index is 12.1. The summed E-state index contributed by atoms with van der Waals surface area (Å²) < 4.78 is 0.814. The number of rotatable bonds is 7. The van der Waals surface area contributed by atoms with E-state index in [1.165, 1.54) is 19.3 Å². The van der Waals surface area contributed by atoms with Crippen LogP contribution in [0.5, 0.6) is 0 Å². The molecule has 0 saturated heterocycles. The summed E-state index contributed by atoms with van der Waals surface area (Å²) in [5.74, 6) is -0.0623. The minimum atomic E-state index is -0.0623. The minimum Gasteiger partial charge on any atom is -0.398 e. The van der Waals surface area contributed by atoms with E-state index in [0.29, 0.717) is 17.8 Å². The van der Waals surface area contributed by atoms with E-state index < -0.39 is 0 Å². The lowest BCUT2D eigenvalue weighted by atomic mass is 9.87. The number of hydrogen-bond donors (Lipinski definition) is 2. The molecule has 0 aliphatic heterocycles. The third kappa shape index (κ3) is 5.53. The quantitative estimate of drug-likeness (QED) is 0.572. The second-order valence-corrected chi connectivity index (χ2v) is 6.89. The molecular weight excluding hydrogens is 316 g/mol. The number of nitrogens with two attached hydrogens (primary N) is 1. The molecule has 1 aromatic rings. The molecule has 1 amide bonds. The third-order valence-electron chi connectivity index (χ3n) is 3.44. The smallest absolute Gasteiger partial charge is 0.251 e. The largest absolute Gasteiger partial charge is 0.398 e. The Morgan fingerprint density at radius 3 is 2.65 bits per heavy atom. The lowest BCUT2D eigenvalue weighted by molar-refractivity contribution is 0.0934. The Balaban J connectivity index is 2.51. The van der Waals surface area contributed by atoms with Crippen molar-refractivity contribution < 1.29 is 4.79 Å². The number of unbranched alkanes of at least 4 members (excludes halogenated alkanes) is 2. The Kier molecular flexibility index (Phi) is 6.53. The summed E-state index contributed by atoms with van der Waals surface area (Å²) in [5, 5.41) is 3.00. The predicted octanol–water partition coefficient (Wildman–Crippen LogP) is 4.37. The van der Waals surface area contributed by atoms with E-state index in [-0.39, 0.29) is 11.3 Å². The van der Waals surface area contributed by atoms with E-state index in [9.17, 15) is 4.79 Å². The number of anilines is 1. The average molecular weight is 341 g/mol. The molecule has 0 saturated carbocycles. The van der Waals surface area contributed by atoms with Crippen molar-refractivity contribution in [2.24, 2.45) is 5.41 Å². The number of carbonyl (C=O) groups is 1. The Morgan fingerprint density at radius 2 is 2.05 bits per heavy atom. The number of halogens is 1. The summed E-state index contributed by atoms with van der Waals surface area (Å²) in [6.07, 6.45) is 4.81. The van der Waals surface area contributed by atoms with Gasteiger partial charge < -0.3 is 11.1 Å². The molecule has 0 bridgehead atoms. The Bertz CT molecular complexity index is 458. The van der Waals surface area contributed by atoms with E-state index >= 15 is 0 Å². The van der Waals surface area contributed by atoms with Gasteiger partial charge in [-0.3, -0.25) is 4.79 Å². The van der Waals surface area contributed by atoms with Gasteiger partial charge in [0.2, 0.25) is 0 Å². The van der Waals surface area contributed by atoms with Crippen LogP contribution in [0, 0.1) is 5.41 Å². The summed E-state index contributed by atoms with van der Waals surface area (Å²) in [7, 11) is 0. The first-order valence-electron chi connectivity index (χ1n) is 7.19. The Morgan fingerprint density at radius 1 is 1.35 bits per heavy atom. The molecule has 4 heteroatoms. The van der Waals surface area contributed by atoms with Crippen molar-refractivity contribution in [3.8, 4) is 0 Å². The minimum absolute atomic E-state index is 0.0623. The van der Waals surface area contributed by atoms with E-state index in [4.69, 9.17) is 5.73 Å². The van der Waals surface area contributed by atoms with Gasteiger partial charge in [0.1, 0.15) is 0 Å². The van der Waals surface area contributed by atoms with E-state index in [1.807, 2.05) is 0 Å². The van der Waals surface area contributed by atoms with Crippen LogP contribution in [0.15, 0.2) is 22.7 Å². The fourth-order valence-electron chi connectivity index (χ4n) is 2.05. The van der Waals surface area contributed by atoms with Crippen LogP contribution in [0.4, 0.5) is 5.69 Å². The van der Waals surface area contributed by atoms with Crippen molar-refractivity contribution >= 4 is 27.5 Å². The summed E-state index contributed by atoms with van der Waals surface area (Å²) in [6, 6.07) is 5.28. The average Bonchev–Trinajstić information content (AvgIpc) is 2.39. The van der Waals surface area contributed by atoms with E-state index in [2.05, 4.69) is 42.0 Å². The highest BCUT2D eigenvalue weighted by molar-refractivity contribution is 9.10. The van der Waals surface area contributed by atoms with Gasteiger partial charge in [-0.05, 0) is 46.0 Å². The first kappa shape index (κ1) is 17.0. The van der Waals surface area contributed by atoms with E-state index in [1.54, 1.807) is 18.2 Å². The molecule has 0 radical (unpaired) electrons. The lowest BCUT2D eigenvalue weighted by Gasteiger charge is -2.25. The molecule has 0 atom stereocenters. The normalized spacial score (nSPS) is 11.4. The molecule has 3 nitrogen and oxygen atoms in total. The fourth-order valence-corrected chi connectivity index (χ4v) is 2.30. The number of nitrogens with one attached hydrogen (secondary N) is 1. The zero-order valence-corrected chi connectivity index (χ0v) is 14.2. The van der Waals surface area contributed by atoms with Gasteiger partial charge in [-0.2, -0.15) is 0 Å². The first-order chi connectivity index (χ1) is 9.35. The first-order valence-corrected chi connectivity index (χ1v) is 7.98. The highest BCUT2D eigenvalue weighted by Crippen LogP contribution is 2.23. The maximum Gasteiger partial charge on any atom is 0.251 e. The van der Waals surface area contributed by atoms with Crippen LogP contribution in [0.2, 0.25) is 0 Å². The van der Waals surface area contributed by atoms with E-state index in [0.717, 1.165) is 10.9 Å². The fraction of sp³-hybridized carbons (Fsp3) is 0.562. The SMILES string of the molecule is CCCCCC(C)(C)CNC(=O)c1ccc(Br)c(N)c1. The van der Waals surface area contributed by atoms with Crippen molar-refractivity contribution in [3.05, 3.63) is 28.2 Å². The number of carbonyl (C=O) groups excluding carboxylic acids is 1. The lowest BCUT2D eigenvalue weighted by Crippen LogP contribution is -2.34. The summed E-state index contributed by atoms with van der Waals surface area (Å²) in [4.78, 5) is 12.1. The maximum absolute atomic E-state index is 12.1. The van der Waals surface area contributed by atoms with Crippen LogP contribution < -0.4 is 11.1 Å². The summed E-state index contributed by atoms with van der Waals surface area (Å²) >= 11 is 3.33. The number of hydrogen-bond acceptors (Lipinski definition) is 2. The molecular formula is C16H25BrN2O. The van der Waals surface area contributed by atoms with Crippen LogP contribution in [-0.2, 0) is 0 Å². The third-order valence-corrected chi connectivity index (χ3v) is 4.16. The van der Waals surface area contributed by atoms with Crippen molar-refractivity contribution in [1.29, 1.82) is 0 Å². The monoisotopic (exact) mass is 340 g/mol. The second kappa shape index (κ2) is 7.67. The molecule has 0 heterocycles. The molecule has 1 rings (SSSR count). The number of benzene rings is 1. The molecule has 112 valence electrons. The van der Waals surface area contributed by atoms with Gasteiger partial charge in [-0.25, -0.2) is 0 Å². The summed E-state index contributed by atoms with van der Waals surface area (Å²) in [6.45, 7) is 7.27. The van der Waals surface area contributed by atoms with Gasteiger partial charge in [0.25, 0.3) is 5.91 Å². The van der Waals surface area contributed by atoms with Crippen LogP contribution in [0.1, 0.15) is 56.8 Å². The van der Waals surface area contributed by atoms with Crippen molar-refractivity contribution in [2.45, 2.75) is 46.5 Å². The van der Waals surface area contributed by atoms with Crippen molar-refractivity contribution in [1.82, 2.24) is 5.32 Å². The zero-order chi connectivity index (χ0) is 15.2. The van der Waals surface area contributed by atoms with Gasteiger partial charge in [0.05, 0.1) is 0 Å². The Labute approximate surface area is 130 Å². The Hall–Kier alpha value is -1.03. The molecule has 0 aliphatic carbocycles. The van der Waals surface area contributed by atoms with Crippen LogP contribution in [-0.4, -0.2) is 12.5 Å². The molecule has 20 heavy (non-hydrogen) atoms. The van der Waals surface area contributed by atoms with Crippen molar-refractivity contribution in [2.75, 3.05) is 12.3 Å². The topological polar surface area (TPSA) is 55.1 Å². The standard InChI is InChI=1S/C16H25BrN2O/c1-4-5-6-9-16(2,3)11-19-15(20)12-7-8-13(17)14(18)10-12/h7-8,10H,4-6,9,11,18H2,1-3H3,(H,19,20). The van der Waals surface area contributed by atoms with Gasteiger partial charge in [-0.15, -0.1) is 0 Å². The molecule has 0 aromatic heterocycles. The highest BCUT2D eigenvalue weighted by Gasteiger charge is 2.18. The van der Waals surface area contributed by atoms with Gasteiger partial charge >= 0.3 is 0 Å². The van der Waals surface area contributed by atoms with Crippen LogP contribution in [0.25, 0.3) is 0 Å². The second-order valence-electron chi connectivity index (χ2n) is 6.04. The predicted molar refractivity (Wildman–Crippen MR) is 88.8 cm³/mol. The molecule has 0 spiro atoms.